The number of esters is 1. The highest BCUT2D eigenvalue weighted by molar-refractivity contribution is 5.87. The normalized spacial score (nSPS) is 14.7. The summed E-state index contributed by atoms with van der Waals surface area (Å²) >= 11 is 0. The van der Waals surface area contributed by atoms with Gasteiger partial charge in [0, 0.05) is 44.0 Å². The number of carbonyl (C=O) groups excluding carboxylic acids is 1. The zero-order valence-corrected chi connectivity index (χ0v) is 16.1. The van der Waals surface area contributed by atoms with E-state index >= 15 is 0 Å². The van der Waals surface area contributed by atoms with Crippen molar-refractivity contribution in [1.29, 1.82) is 0 Å². The van der Waals surface area contributed by atoms with Gasteiger partial charge >= 0.3 is 5.97 Å². The molecule has 0 bridgehead atoms. The molecule has 1 aliphatic heterocycles. The highest BCUT2D eigenvalue weighted by atomic mass is 19.1. The second kappa shape index (κ2) is 9.18. The molecule has 1 fully saturated rings. The Morgan fingerprint density at radius 2 is 1.79 bits per heavy atom. The van der Waals surface area contributed by atoms with Crippen molar-refractivity contribution >= 4 is 29.1 Å². The van der Waals surface area contributed by atoms with E-state index in [0.29, 0.717) is 30.9 Å². The van der Waals surface area contributed by atoms with Crippen LogP contribution in [-0.2, 0) is 9.53 Å². The van der Waals surface area contributed by atoms with E-state index in [0.717, 1.165) is 18.7 Å². The lowest BCUT2D eigenvalue weighted by molar-refractivity contribution is -0.384. The maximum atomic E-state index is 13.2. The summed E-state index contributed by atoms with van der Waals surface area (Å²) in [7, 11) is 1.27. The van der Waals surface area contributed by atoms with E-state index in [9.17, 15) is 19.3 Å². The molecule has 2 aromatic carbocycles. The second-order valence-corrected chi connectivity index (χ2v) is 6.67. The van der Waals surface area contributed by atoms with Gasteiger partial charge in [-0.15, -0.1) is 0 Å². The number of nitrogens with zero attached hydrogens (tertiary/aromatic N) is 3. The fourth-order valence-corrected chi connectivity index (χ4v) is 3.36. The van der Waals surface area contributed by atoms with Crippen LogP contribution >= 0.6 is 0 Å². The van der Waals surface area contributed by atoms with E-state index < -0.39 is 10.9 Å². The number of nitro groups is 1. The number of nitro benzene ring substituents is 1. The van der Waals surface area contributed by atoms with Crippen molar-refractivity contribution in [3.05, 3.63) is 70.0 Å². The lowest BCUT2D eigenvalue weighted by atomic mass is 10.1. The summed E-state index contributed by atoms with van der Waals surface area (Å²) in [6.07, 6.45) is 3.53. The van der Waals surface area contributed by atoms with Crippen molar-refractivity contribution in [2.75, 3.05) is 43.1 Å². The molecule has 1 aliphatic rings. The molecule has 8 heteroatoms. The van der Waals surface area contributed by atoms with Crippen LogP contribution in [0.2, 0.25) is 0 Å². The third-order valence-electron chi connectivity index (χ3n) is 4.84. The van der Waals surface area contributed by atoms with Gasteiger partial charge < -0.3 is 14.5 Å². The van der Waals surface area contributed by atoms with Crippen LogP contribution in [0.15, 0.2) is 48.5 Å². The molecule has 7 nitrogen and oxygen atoms in total. The van der Waals surface area contributed by atoms with Crippen molar-refractivity contribution in [2.45, 2.75) is 6.42 Å². The number of anilines is 2. The van der Waals surface area contributed by atoms with Crippen molar-refractivity contribution in [3.8, 4) is 0 Å². The quantitative estimate of drug-likeness (QED) is 0.331. The highest BCUT2D eigenvalue weighted by Gasteiger charge is 2.22. The maximum absolute atomic E-state index is 13.2. The summed E-state index contributed by atoms with van der Waals surface area (Å²) in [5.74, 6) is -0.799. The van der Waals surface area contributed by atoms with E-state index in [1.54, 1.807) is 24.3 Å². The fraction of sp³-hybridized carbons (Fsp3) is 0.286. The standard InChI is InChI=1S/C21H22FN3O4/c1-29-21(26)10-4-16-3-9-19(20(15-16)25(27)28)24-12-2-11-23(13-14-24)18-7-5-17(22)6-8-18/h3-10,15H,2,11-14H2,1H3/b10-4+. The summed E-state index contributed by atoms with van der Waals surface area (Å²) in [6.45, 7) is 2.74. The molecule has 0 unspecified atom stereocenters. The van der Waals surface area contributed by atoms with Gasteiger partial charge in [-0.1, -0.05) is 6.07 Å². The number of ether oxygens (including phenoxy) is 1. The molecule has 0 spiro atoms. The molecule has 0 saturated carbocycles. The topological polar surface area (TPSA) is 75.9 Å². The van der Waals surface area contributed by atoms with Crippen molar-refractivity contribution in [1.82, 2.24) is 0 Å². The third kappa shape index (κ3) is 5.10. The van der Waals surface area contributed by atoms with Gasteiger partial charge in [0.1, 0.15) is 11.5 Å². The molecular weight excluding hydrogens is 377 g/mol. The van der Waals surface area contributed by atoms with Crippen molar-refractivity contribution < 1.29 is 18.8 Å². The number of rotatable bonds is 5. The van der Waals surface area contributed by atoms with Crippen molar-refractivity contribution in [2.24, 2.45) is 0 Å². The molecule has 0 aliphatic carbocycles. The Kier molecular flexibility index (Phi) is 6.43. The predicted molar refractivity (Wildman–Crippen MR) is 110 cm³/mol. The lowest BCUT2D eigenvalue weighted by Crippen LogP contribution is -2.31. The molecule has 29 heavy (non-hydrogen) atoms. The van der Waals surface area contributed by atoms with Crippen LogP contribution in [-0.4, -0.2) is 44.2 Å². The highest BCUT2D eigenvalue weighted by Crippen LogP contribution is 2.31. The van der Waals surface area contributed by atoms with Gasteiger partial charge in [-0.25, -0.2) is 9.18 Å². The molecule has 0 amide bonds. The Labute approximate surface area is 168 Å². The minimum atomic E-state index is -0.523. The SMILES string of the molecule is COC(=O)/C=C/c1ccc(N2CCCN(c3ccc(F)cc3)CC2)c([N+](=O)[O-])c1. The smallest absolute Gasteiger partial charge is 0.330 e. The molecule has 1 heterocycles. The first-order chi connectivity index (χ1) is 14.0. The Hall–Kier alpha value is -3.42. The van der Waals surface area contributed by atoms with E-state index in [1.807, 2.05) is 4.90 Å². The van der Waals surface area contributed by atoms with Gasteiger partial charge in [-0.05, 0) is 48.4 Å². The lowest BCUT2D eigenvalue weighted by Gasteiger charge is -2.24. The van der Waals surface area contributed by atoms with Gasteiger partial charge in [-0.3, -0.25) is 10.1 Å². The summed E-state index contributed by atoms with van der Waals surface area (Å²) in [6, 6.07) is 11.3. The van der Waals surface area contributed by atoms with Gasteiger partial charge in [-0.2, -0.15) is 0 Å². The second-order valence-electron chi connectivity index (χ2n) is 6.67. The third-order valence-corrected chi connectivity index (χ3v) is 4.84. The summed E-state index contributed by atoms with van der Waals surface area (Å²) in [4.78, 5) is 26.6. The number of hydrogen-bond acceptors (Lipinski definition) is 6. The summed E-state index contributed by atoms with van der Waals surface area (Å²) in [5.41, 5.74) is 2.03. The van der Waals surface area contributed by atoms with E-state index in [2.05, 4.69) is 9.64 Å². The number of carbonyl (C=O) groups is 1. The molecule has 0 radical (unpaired) electrons. The summed E-state index contributed by atoms with van der Waals surface area (Å²) in [5, 5.41) is 11.6. The average Bonchev–Trinajstić information content (AvgIpc) is 2.98. The largest absolute Gasteiger partial charge is 0.466 e. The van der Waals surface area contributed by atoms with Crippen LogP contribution in [0.1, 0.15) is 12.0 Å². The zero-order chi connectivity index (χ0) is 20.8. The number of halogens is 1. The average molecular weight is 399 g/mol. The molecule has 2 aromatic rings. The molecule has 0 atom stereocenters. The molecule has 0 N–H and O–H groups in total. The van der Waals surface area contributed by atoms with Crippen LogP contribution in [0.3, 0.4) is 0 Å². The zero-order valence-electron chi connectivity index (χ0n) is 16.1. The monoisotopic (exact) mass is 399 g/mol. The Bertz CT molecular complexity index is 915. The molecule has 152 valence electrons. The van der Waals surface area contributed by atoms with Gasteiger partial charge in [0.15, 0.2) is 0 Å². The van der Waals surface area contributed by atoms with Crippen molar-refractivity contribution in [3.63, 3.8) is 0 Å². The van der Waals surface area contributed by atoms with Gasteiger partial charge in [0.2, 0.25) is 0 Å². The van der Waals surface area contributed by atoms with Crippen LogP contribution in [0.4, 0.5) is 21.5 Å². The van der Waals surface area contributed by atoms with E-state index in [1.165, 1.54) is 37.5 Å². The molecular formula is C21H22FN3O4. The maximum Gasteiger partial charge on any atom is 0.330 e. The number of hydrogen-bond donors (Lipinski definition) is 0. The van der Waals surface area contributed by atoms with Gasteiger partial charge in [0.25, 0.3) is 5.69 Å². The van der Waals surface area contributed by atoms with E-state index in [4.69, 9.17) is 0 Å². The van der Waals surface area contributed by atoms with Crippen LogP contribution in [0.25, 0.3) is 6.08 Å². The Morgan fingerprint density at radius 1 is 1.10 bits per heavy atom. The Balaban J connectivity index is 1.78. The minimum absolute atomic E-state index is 0.00718. The van der Waals surface area contributed by atoms with Crippen LogP contribution in [0.5, 0.6) is 0 Å². The first-order valence-electron chi connectivity index (χ1n) is 9.28. The molecule has 0 aromatic heterocycles. The summed E-state index contributed by atoms with van der Waals surface area (Å²) < 4.78 is 17.7. The first kappa shape index (κ1) is 20.3. The predicted octanol–water partition coefficient (Wildman–Crippen LogP) is 3.64. The fourth-order valence-electron chi connectivity index (χ4n) is 3.36. The van der Waals surface area contributed by atoms with Crippen LogP contribution in [0, 0.1) is 15.9 Å². The minimum Gasteiger partial charge on any atom is -0.466 e. The van der Waals surface area contributed by atoms with Gasteiger partial charge in [0.05, 0.1) is 12.0 Å². The Morgan fingerprint density at radius 3 is 2.48 bits per heavy atom. The molecule has 3 rings (SSSR count). The molecule has 1 saturated heterocycles. The number of methoxy groups -OCH3 is 1. The first-order valence-corrected chi connectivity index (χ1v) is 9.28. The van der Waals surface area contributed by atoms with E-state index in [-0.39, 0.29) is 11.5 Å². The number of benzene rings is 2. The van der Waals surface area contributed by atoms with Crippen LogP contribution < -0.4 is 9.80 Å².